The van der Waals surface area contributed by atoms with Crippen molar-refractivity contribution >= 4 is 5.78 Å². The summed E-state index contributed by atoms with van der Waals surface area (Å²) in [5, 5.41) is 11.2. The van der Waals surface area contributed by atoms with Crippen LogP contribution in [0.2, 0.25) is 0 Å². The molecule has 138 valence electrons. The van der Waals surface area contributed by atoms with E-state index in [4.69, 9.17) is 18.9 Å². The monoisotopic (exact) mass is 358 g/mol. The SMILES string of the molecule is C=CC[C@@]12CC=CC(=O)[C@@]1(O)O[C@H](c1cc(OC)c3c(c1)OCO3)[C@@H]2C. The molecule has 1 fully saturated rings. The molecule has 0 spiro atoms. The zero-order chi connectivity index (χ0) is 18.5. The first-order valence-corrected chi connectivity index (χ1v) is 8.66. The summed E-state index contributed by atoms with van der Waals surface area (Å²) < 4.78 is 22.4. The van der Waals surface area contributed by atoms with Crippen LogP contribution in [-0.2, 0) is 9.53 Å². The summed E-state index contributed by atoms with van der Waals surface area (Å²) in [5.74, 6) is -0.772. The molecule has 1 aromatic rings. The molecule has 4 atom stereocenters. The first-order valence-electron chi connectivity index (χ1n) is 8.66. The number of rotatable bonds is 4. The van der Waals surface area contributed by atoms with E-state index in [1.54, 1.807) is 13.2 Å². The van der Waals surface area contributed by atoms with Gasteiger partial charge in [0.2, 0.25) is 24.1 Å². The molecule has 2 heterocycles. The van der Waals surface area contributed by atoms with E-state index >= 15 is 0 Å². The summed E-state index contributed by atoms with van der Waals surface area (Å²) in [6.45, 7) is 5.94. The lowest BCUT2D eigenvalue weighted by molar-refractivity contribution is -0.229. The van der Waals surface area contributed by atoms with Crippen molar-refractivity contribution in [1.29, 1.82) is 0 Å². The molecule has 3 aliphatic rings. The van der Waals surface area contributed by atoms with Gasteiger partial charge in [0.15, 0.2) is 11.5 Å². The molecule has 4 rings (SSSR count). The number of allylic oxidation sites excluding steroid dienone is 2. The van der Waals surface area contributed by atoms with Crippen LogP contribution >= 0.6 is 0 Å². The van der Waals surface area contributed by atoms with Crippen LogP contribution in [-0.4, -0.2) is 30.6 Å². The van der Waals surface area contributed by atoms with Crippen molar-refractivity contribution in [3.8, 4) is 17.2 Å². The molecule has 0 unspecified atom stereocenters. The summed E-state index contributed by atoms with van der Waals surface area (Å²) in [5.41, 5.74) is 0.0205. The maximum atomic E-state index is 12.5. The number of ether oxygens (including phenoxy) is 4. The van der Waals surface area contributed by atoms with Crippen molar-refractivity contribution in [3.05, 3.63) is 42.5 Å². The topological polar surface area (TPSA) is 74.2 Å². The van der Waals surface area contributed by atoms with Crippen LogP contribution in [0, 0.1) is 11.3 Å². The highest BCUT2D eigenvalue weighted by Gasteiger charge is 2.66. The number of carbonyl (C=O) groups excluding carboxylic acids is 1. The Labute approximate surface area is 152 Å². The number of methoxy groups -OCH3 is 1. The molecular weight excluding hydrogens is 336 g/mol. The summed E-state index contributed by atoms with van der Waals surface area (Å²) in [7, 11) is 1.56. The van der Waals surface area contributed by atoms with Gasteiger partial charge in [0, 0.05) is 5.41 Å². The Morgan fingerprint density at radius 2 is 2.23 bits per heavy atom. The molecule has 6 heteroatoms. The third-order valence-corrected chi connectivity index (χ3v) is 5.90. The van der Waals surface area contributed by atoms with E-state index < -0.39 is 23.1 Å². The van der Waals surface area contributed by atoms with E-state index in [0.29, 0.717) is 30.1 Å². The molecule has 2 aliphatic heterocycles. The maximum absolute atomic E-state index is 12.5. The largest absolute Gasteiger partial charge is 0.493 e. The molecule has 0 radical (unpaired) electrons. The van der Waals surface area contributed by atoms with Gasteiger partial charge in [-0.15, -0.1) is 6.58 Å². The van der Waals surface area contributed by atoms with Crippen molar-refractivity contribution in [2.45, 2.75) is 31.7 Å². The lowest BCUT2D eigenvalue weighted by Gasteiger charge is -2.42. The van der Waals surface area contributed by atoms with Gasteiger partial charge in [0.25, 0.3) is 0 Å². The average molecular weight is 358 g/mol. The number of hydrogen-bond donors (Lipinski definition) is 1. The van der Waals surface area contributed by atoms with Gasteiger partial charge in [-0.05, 0) is 42.5 Å². The van der Waals surface area contributed by atoms with Gasteiger partial charge in [0.05, 0.1) is 13.2 Å². The van der Waals surface area contributed by atoms with E-state index in [1.165, 1.54) is 6.08 Å². The van der Waals surface area contributed by atoms with Crippen molar-refractivity contribution < 1.29 is 28.8 Å². The minimum atomic E-state index is -1.87. The molecule has 0 amide bonds. The van der Waals surface area contributed by atoms with Gasteiger partial charge in [-0.25, -0.2) is 0 Å². The quantitative estimate of drug-likeness (QED) is 0.834. The van der Waals surface area contributed by atoms with Crippen molar-refractivity contribution in [2.75, 3.05) is 13.9 Å². The highest BCUT2D eigenvalue weighted by atomic mass is 16.7. The summed E-state index contributed by atoms with van der Waals surface area (Å²) in [6.07, 6.45) is 5.46. The molecule has 1 N–H and O–H groups in total. The molecule has 0 aromatic heterocycles. The number of benzene rings is 1. The number of fused-ring (bicyclic) bond motifs is 2. The predicted octanol–water partition coefficient (Wildman–Crippen LogP) is 2.91. The van der Waals surface area contributed by atoms with Gasteiger partial charge in [-0.1, -0.05) is 19.1 Å². The summed E-state index contributed by atoms with van der Waals surface area (Å²) >= 11 is 0. The molecule has 26 heavy (non-hydrogen) atoms. The van der Waals surface area contributed by atoms with Crippen LogP contribution in [0.4, 0.5) is 0 Å². The van der Waals surface area contributed by atoms with Crippen molar-refractivity contribution in [1.82, 2.24) is 0 Å². The maximum Gasteiger partial charge on any atom is 0.237 e. The van der Waals surface area contributed by atoms with Gasteiger partial charge in [0.1, 0.15) is 0 Å². The lowest BCUT2D eigenvalue weighted by Crippen LogP contribution is -2.54. The van der Waals surface area contributed by atoms with Gasteiger partial charge in [-0.2, -0.15) is 0 Å². The third-order valence-electron chi connectivity index (χ3n) is 5.90. The molecular formula is C20H22O6. The zero-order valence-corrected chi connectivity index (χ0v) is 14.9. The van der Waals surface area contributed by atoms with Gasteiger partial charge in [-0.3, -0.25) is 4.79 Å². The Morgan fingerprint density at radius 1 is 1.42 bits per heavy atom. The Morgan fingerprint density at radius 3 is 2.96 bits per heavy atom. The Balaban J connectivity index is 1.80. The van der Waals surface area contributed by atoms with Gasteiger partial charge < -0.3 is 24.1 Å². The molecule has 6 nitrogen and oxygen atoms in total. The van der Waals surface area contributed by atoms with Crippen LogP contribution in [0.3, 0.4) is 0 Å². The fourth-order valence-corrected chi connectivity index (χ4v) is 4.45. The van der Waals surface area contributed by atoms with Gasteiger partial charge >= 0.3 is 0 Å². The number of aliphatic hydroxyl groups is 1. The fourth-order valence-electron chi connectivity index (χ4n) is 4.45. The average Bonchev–Trinajstić information content (AvgIpc) is 3.19. The highest BCUT2D eigenvalue weighted by Crippen LogP contribution is 2.61. The van der Waals surface area contributed by atoms with E-state index in [9.17, 15) is 9.90 Å². The molecule has 1 aliphatic carbocycles. The number of ketones is 1. The number of hydrogen-bond acceptors (Lipinski definition) is 6. The predicted molar refractivity (Wildman–Crippen MR) is 93.1 cm³/mol. The smallest absolute Gasteiger partial charge is 0.237 e. The van der Waals surface area contributed by atoms with E-state index in [-0.39, 0.29) is 12.7 Å². The Kier molecular flexibility index (Phi) is 3.86. The van der Waals surface area contributed by atoms with E-state index in [1.807, 2.05) is 25.1 Å². The van der Waals surface area contributed by atoms with Crippen molar-refractivity contribution in [2.24, 2.45) is 11.3 Å². The van der Waals surface area contributed by atoms with Crippen LogP contribution in [0.15, 0.2) is 36.9 Å². The van der Waals surface area contributed by atoms with Crippen LogP contribution in [0.1, 0.15) is 31.4 Å². The Bertz CT molecular complexity index is 800. The Hall–Kier alpha value is -2.31. The van der Waals surface area contributed by atoms with E-state index in [2.05, 4.69) is 6.58 Å². The molecule has 0 bridgehead atoms. The normalized spacial score (nSPS) is 34.7. The standard InChI is InChI=1S/C20H22O6/c1-4-7-19-8-5-6-16(21)20(19,22)26-17(12(19)2)13-9-14(23-3)18-15(10-13)24-11-25-18/h4-6,9-10,12,17,22H,1,7-8,11H2,2-3H3/t12-,17-,19-,20+/m0/s1. The molecule has 1 aromatic carbocycles. The highest BCUT2D eigenvalue weighted by molar-refractivity contribution is 5.97. The summed E-state index contributed by atoms with van der Waals surface area (Å²) in [6, 6.07) is 3.64. The number of carbonyl (C=O) groups is 1. The first-order chi connectivity index (χ1) is 12.5. The minimum Gasteiger partial charge on any atom is -0.493 e. The lowest BCUT2D eigenvalue weighted by atomic mass is 9.62. The second kappa shape index (κ2) is 5.86. The molecule has 0 saturated carbocycles. The minimum absolute atomic E-state index is 0.128. The second-order valence-electron chi connectivity index (χ2n) is 7.05. The van der Waals surface area contributed by atoms with Crippen LogP contribution < -0.4 is 14.2 Å². The zero-order valence-electron chi connectivity index (χ0n) is 14.9. The van der Waals surface area contributed by atoms with Crippen LogP contribution in [0.25, 0.3) is 0 Å². The van der Waals surface area contributed by atoms with E-state index in [0.717, 1.165) is 5.56 Å². The van der Waals surface area contributed by atoms with Crippen LogP contribution in [0.5, 0.6) is 17.2 Å². The first kappa shape index (κ1) is 17.1. The fraction of sp³-hybridized carbons (Fsp3) is 0.450. The molecule has 1 saturated heterocycles. The third kappa shape index (κ3) is 2.09. The second-order valence-corrected chi connectivity index (χ2v) is 7.05. The van der Waals surface area contributed by atoms with Crippen molar-refractivity contribution in [3.63, 3.8) is 0 Å². The summed E-state index contributed by atoms with van der Waals surface area (Å²) in [4.78, 5) is 12.5.